The Morgan fingerprint density at radius 3 is 2.31 bits per heavy atom. The monoisotopic (exact) mass is 204 g/mol. The van der Waals surface area contributed by atoms with Crippen molar-refractivity contribution >= 4 is 7.52 Å². The molecule has 1 atom stereocenters. The molecule has 5 heteroatoms. The van der Waals surface area contributed by atoms with Gasteiger partial charge in [-0.2, -0.15) is 5.26 Å². The zero-order valence-electron chi connectivity index (χ0n) is 8.65. The van der Waals surface area contributed by atoms with E-state index in [0.717, 1.165) is 0 Å². The van der Waals surface area contributed by atoms with Gasteiger partial charge in [0, 0.05) is 12.6 Å². The largest absolute Gasteiger partial charge is 0.371 e. The maximum absolute atomic E-state index is 11.9. The maximum atomic E-state index is 11.9. The minimum Gasteiger partial charge on any atom is -0.307 e. The average molecular weight is 204 g/mol. The summed E-state index contributed by atoms with van der Waals surface area (Å²) in [6.07, 6.45) is 0. The molecule has 0 heterocycles. The lowest BCUT2D eigenvalue weighted by Gasteiger charge is -2.27. The normalized spacial score (nSPS) is 15.8. The molecule has 0 amide bonds. The summed E-state index contributed by atoms with van der Waals surface area (Å²) in [7, 11) is -3.23. The molecule has 0 aliphatic rings. The van der Waals surface area contributed by atoms with Gasteiger partial charge in [0.05, 0.1) is 6.61 Å². The second kappa shape index (κ2) is 5.39. The lowest BCUT2D eigenvalue weighted by molar-refractivity contribution is 0.263. The van der Waals surface area contributed by atoms with Crippen molar-refractivity contribution < 1.29 is 9.09 Å². The Bertz CT molecular complexity index is 235. The SMILES string of the molecule is CCOP(=O)(C#N)N(CC)C(C)C. The number of hydrogen-bond acceptors (Lipinski definition) is 3. The standard InChI is InChI=1S/C8H17N2O2P/c1-5-10(8(3)4)13(11,7-9)12-6-2/h8H,5-6H2,1-4H3. The summed E-state index contributed by atoms with van der Waals surface area (Å²) in [6, 6.07) is 0.0574. The van der Waals surface area contributed by atoms with Gasteiger partial charge in [-0.25, -0.2) is 4.67 Å². The van der Waals surface area contributed by atoms with Gasteiger partial charge in [0.1, 0.15) is 0 Å². The molecule has 0 fully saturated rings. The van der Waals surface area contributed by atoms with Crippen LogP contribution in [0.25, 0.3) is 0 Å². The van der Waals surface area contributed by atoms with Crippen LogP contribution in [0, 0.1) is 11.1 Å². The van der Waals surface area contributed by atoms with Crippen molar-refractivity contribution in [1.82, 2.24) is 4.67 Å². The fraction of sp³-hybridized carbons (Fsp3) is 0.875. The van der Waals surface area contributed by atoms with Crippen molar-refractivity contribution in [2.24, 2.45) is 0 Å². The van der Waals surface area contributed by atoms with Crippen molar-refractivity contribution in [3.63, 3.8) is 0 Å². The Kier molecular flexibility index (Phi) is 5.24. The Balaban J connectivity index is 4.73. The molecular formula is C8H17N2O2P. The summed E-state index contributed by atoms with van der Waals surface area (Å²) in [6.45, 7) is 8.25. The van der Waals surface area contributed by atoms with Gasteiger partial charge in [-0.1, -0.05) is 6.92 Å². The lowest BCUT2D eigenvalue weighted by Crippen LogP contribution is -2.27. The van der Waals surface area contributed by atoms with E-state index in [9.17, 15) is 4.57 Å². The molecule has 4 nitrogen and oxygen atoms in total. The maximum Gasteiger partial charge on any atom is 0.371 e. The van der Waals surface area contributed by atoms with Crippen LogP contribution in [-0.4, -0.2) is 23.9 Å². The molecule has 0 aliphatic heterocycles. The number of nitriles is 1. The van der Waals surface area contributed by atoms with E-state index in [0.29, 0.717) is 13.2 Å². The van der Waals surface area contributed by atoms with E-state index in [1.807, 2.05) is 20.8 Å². The number of nitrogens with zero attached hydrogens (tertiary/aromatic N) is 2. The van der Waals surface area contributed by atoms with Crippen LogP contribution in [0.1, 0.15) is 27.7 Å². The molecule has 76 valence electrons. The highest BCUT2D eigenvalue weighted by molar-refractivity contribution is 7.61. The summed E-state index contributed by atoms with van der Waals surface area (Å²) in [5.41, 5.74) is 0. The molecule has 13 heavy (non-hydrogen) atoms. The van der Waals surface area contributed by atoms with E-state index >= 15 is 0 Å². The van der Waals surface area contributed by atoms with Gasteiger partial charge in [0.2, 0.25) is 0 Å². The Morgan fingerprint density at radius 1 is 1.54 bits per heavy atom. The third kappa shape index (κ3) is 3.11. The van der Waals surface area contributed by atoms with Gasteiger partial charge < -0.3 is 4.52 Å². The van der Waals surface area contributed by atoms with Crippen LogP contribution in [0.15, 0.2) is 0 Å². The van der Waals surface area contributed by atoms with Crippen molar-refractivity contribution in [2.45, 2.75) is 33.7 Å². The van der Waals surface area contributed by atoms with E-state index < -0.39 is 7.52 Å². The molecular weight excluding hydrogens is 187 g/mol. The predicted octanol–water partition coefficient (Wildman–Crippen LogP) is 2.43. The van der Waals surface area contributed by atoms with E-state index in [1.165, 1.54) is 0 Å². The summed E-state index contributed by atoms with van der Waals surface area (Å²) in [4.78, 5) is 0. The van der Waals surface area contributed by atoms with Gasteiger partial charge >= 0.3 is 7.52 Å². The molecule has 0 N–H and O–H groups in total. The van der Waals surface area contributed by atoms with Crippen molar-refractivity contribution in [1.29, 1.82) is 5.26 Å². The minimum absolute atomic E-state index is 0.0574. The third-order valence-electron chi connectivity index (χ3n) is 1.69. The number of rotatable bonds is 5. The van der Waals surface area contributed by atoms with Crippen LogP contribution in [0.2, 0.25) is 0 Å². The predicted molar refractivity (Wildman–Crippen MR) is 52.4 cm³/mol. The van der Waals surface area contributed by atoms with E-state index in [1.54, 1.807) is 17.4 Å². The molecule has 0 aliphatic carbocycles. The average Bonchev–Trinajstić information content (AvgIpc) is 2.05. The fourth-order valence-corrected chi connectivity index (χ4v) is 2.84. The molecule has 0 bridgehead atoms. The van der Waals surface area contributed by atoms with Crippen LogP contribution < -0.4 is 0 Å². The van der Waals surface area contributed by atoms with Gasteiger partial charge in [-0.15, -0.1) is 0 Å². The summed E-state index contributed by atoms with van der Waals surface area (Å²) >= 11 is 0. The molecule has 0 saturated carbocycles. The van der Waals surface area contributed by atoms with E-state index in [4.69, 9.17) is 9.79 Å². The van der Waals surface area contributed by atoms with Gasteiger partial charge in [-0.05, 0) is 20.8 Å². The quantitative estimate of drug-likeness (QED) is 0.645. The van der Waals surface area contributed by atoms with Gasteiger partial charge in [0.25, 0.3) is 0 Å². The second-order valence-corrected chi connectivity index (χ2v) is 4.90. The summed E-state index contributed by atoms with van der Waals surface area (Å²) in [5.74, 6) is 1.77. The fourth-order valence-electron chi connectivity index (χ4n) is 1.19. The molecule has 0 saturated heterocycles. The van der Waals surface area contributed by atoms with Crippen LogP contribution in [-0.2, 0) is 9.09 Å². The van der Waals surface area contributed by atoms with E-state index in [-0.39, 0.29) is 6.04 Å². The Hall–Kier alpha value is -0.360. The number of hydrogen-bond donors (Lipinski definition) is 0. The van der Waals surface area contributed by atoms with Gasteiger partial charge in [-0.3, -0.25) is 4.57 Å². The smallest absolute Gasteiger partial charge is 0.307 e. The van der Waals surface area contributed by atoms with Crippen LogP contribution in [0.3, 0.4) is 0 Å². The van der Waals surface area contributed by atoms with E-state index in [2.05, 4.69) is 0 Å². The van der Waals surface area contributed by atoms with Gasteiger partial charge in [0.15, 0.2) is 5.81 Å². The molecule has 0 aromatic rings. The Labute approximate surface area is 80.0 Å². The molecule has 1 unspecified atom stereocenters. The minimum atomic E-state index is -3.23. The second-order valence-electron chi connectivity index (χ2n) is 2.89. The first kappa shape index (κ1) is 12.6. The molecule has 0 spiro atoms. The van der Waals surface area contributed by atoms with Crippen LogP contribution >= 0.6 is 7.52 Å². The van der Waals surface area contributed by atoms with Crippen molar-refractivity contribution in [2.75, 3.05) is 13.2 Å². The van der Waals surface area contributed by atoms with Crippen LogP contribution in [0.4, 0.5) is 0 Å². The molecule has 0 aromatic heterocycles. The summed E-state index contributed by atoms with van der Waals surface area (Å²) in [5, 5.41) is 8.79. The third-order valence-corrected chi connectivity index (χ3v) is 3.97. The molecule has 0 radical (unpaired) electrons. The zero-order valence-corrected chi connectivity index (χ0v) is 9.54. The molecule has 0 aromatic carbocycles. The first-order chi connectivity index (χ1) is 6.01. The van der Waals surface area contributed by atoms with Crippen molar-refractivity contribution in [3.8, 4) is 5.81 Å². The first-order valence-electron chi connectivity index (χ1n) is 4.44. The highest BCUT2D eigenvalue weighted by atomic mass is 31.2. The molecule has 0 rings (SSSR count). The van der Waals surface area contributed by atoms with Crippen LogP contribution in [0.5, 0.6) is 0 Å². The zero-order chi connectivity index (χ0) is 10.5. The first-order valence-corrected chi connectivity index (χ1v) is 6.02. The summed E-state index contributed by atoms with van der Waals surface area (Å²) < 4.78 is 18.5. The topological polar surface area (TPSA) is 53.3 Å². The lowest BCUT2D eigenvalue weighted by atomic mass is 10.4. The van der Waals surface area contributed by atoms with Crippen molar-refractivity contribution in [3.05, 3.63) is 0 Å². The Morgan fingerprint density at radius 2 is 2.08 bits per heavy atom. The highest BCUT2D eigenvalue weighted by Gasteiger charge is 2.32. The highest BCUT2D eigenvalue weighted by Crippen LogP contribution is 2.50.